The van der Waals surface area contributed by atoms with E-state index < -0.39 is 0 Å². The van der Waals surface area contributed by atoms with E-state index in [9.17, 15) is 4.79 Å². The van der Waals surface area contributed by atoms with Gasteiger partial charge in [-0.3, -0.25) is 4.79 Å². The van der Waals surface area contributed by atoms with Gasteiger partial charge < -0.3 is 10.1 Å². The minimum atomic E-state index is -0.0460. The molecule has 0 aromatic heterocycles. The second-order valence-electron chi connectivity index (χ2n) is 6.17. The third kappa shape index (κ3) is 3.92. The Bertz CT molecular complexity index is 705. The van der Waals surface area contributed by atoms with Crippen LogP contribution in [0.4, 0.5) is 0 Å². The molecule has 0 radical (unpaired) electrons. The van der Waals surface area contributed by atoms with E-state index in [1.165, 1.54) is 5.56 Å². The minimum absolute atomic E-state index is 0.0460. The molecule has 1 amide bonds. The highest BCUT2D eigenvalue weighted by Crippen LogP contribution is 2.29. The molecule has 0 aliphatic heterocycles. The van der Waals surface area contributed by atoms with Crippen molar-refractivity contribution in [1.82, 2.24) is 5.32 Å². The van der Waals surface area contributed by atoms with Crippen LogP contribution in [0.5, 0.6) is 5.75 Å². The van der Waals surface area contributed by atoms with Crippen molar-refractivity contribution >= 4 is 5.91 Å². The molecule has 0 spiro atoms. The summed E-state index contributed by atoms with van der Waals surface area (Å²) in [5, 5.41) is 3.02. The third-order valence-corrected chi connectivity index (χ3v) is 4.14. The van der Waals surface area contributed by atoms with Crippen LogP contribution < -0.4 is 10.1 Å². The van der Waals surface area contributed by atoms with Crippen LogP contribution in [0.1, 0.15) is 52.4 Å². The molecule has 3 nitrogen and oxygen atoms in total. The maximum absolute atomic E-state index is 12.6. The van der Waals surface area contributed by atoms with E-state index in [4.69, 9.17) is 4.74 Å². The lowest BCUT2D eigenvalue weighted by atomic mass is 9.96. The largest absolute Gasteiger partial charge is 0.496 e. The summed E-state index contributed by atoms with van der Waals surface area (Å²) in [5.41, 5.74) is 5.01. The molecule has 0 aliphatic rings. The zero-order valence-electron chi connectivity index (χ0n) is 14.6. The molecule has 122 valence electrons. The molecular formula is C20H25NO2. The van der Waals surface area contributed by atoms with Gasteiger partial charge in [-0.2, -0.15) is 0 Å². The van der Waals surface area contributed by atoms with E-state index in [-0.39, 0.29) is 5.91 Å². The lowest BCUT2D eigenvalue weighted by molar-refractivity contribution is 0.0950. The first-order valence-corrected chi connectivity index (χ1v) is 7.95. The summed E-state index contributed by atoms with van der Waals surface area (Å²) in [4.78, 5) is 12.6. The molecule has 0 saturated carbocycles. The number of carbonyl (C=O) groups is 1. The second-order valence-corrected chi connectivity index (χ2v) is 6.17. The molecule has 1 N–H and O–H groups in total. The van der Waals surface area contributed by atoms with Crippen LogP contribution >= 0.6 is 0 Å². The van der Waals surface area contributed by atoms with E-state index in [2.05, 4.69) is 32.2 Å². The van der Waals surface area contributed by atoms with E-state index in [1.807, 2.05) is 37.3 Å². The van der Waals surface area contributed by atoms with Gasteiger partial charge in [0.05, 0.1) is 7.11 Å². The number of nitrogens with one attached hydrogen (secondary N) is 1. The molecule has 23 heavy (non-hydrogen) atoms. The van der Waals surface area contributed by atoms with Gasteiger partial charge in [0.25, 0.3) is 5.91 Å². The summed E-state index contributed by atoms with van der Waals surface area (Å²) in [6, 6.07) is 12.0. The van der Waals surface area contributed by atoms with Gasteiger partial charge in [-0.15, -0.1) is 0 Å². The summed E-state index contributed by atoms with van der Waals surface area (Å²) in [5.74, 6) is 1.09. The first kappa shape index (κ1) is 17.1. The Morgan fingerprint density at radius 1 is 1.13 bits per heavy atom. The fourth-order valence-corrected chi connectivity index (χ4v) is 2.65. The van der Waals surface area contributed by atoms with Crippen LogP contribution in [0.3, 0.4) is 0 Å². The standard InChI is InChI=1S/C20H25NO2/c1-13(2)17-11-18(15(4)10-19(17)23-5)20(22)21-12-16-9-7-6-8-14(16)3/h6-11,13H,12H2,1-5H3,(H,21,22). The summed E-state index contributed by atoms with van der Waals surface area (Å²) in [6.45, 7) is 8.73. The molecule has 2 aromatic carbocycles. The number of rotatable bonds is 5. The van der Waals surface area contributed by atoms with Crippen LogP contribution in [0.25, 0.3) is 0 Å². The molecule has 2 rings (SSSR count). The molecule has 0 bridgehead atoms. The number of benzene rings is 2. The maximum Gasteiger partial charge on any atom is 0.251 e. The molecular weight excluding hydrogens is 286 g/mol. The number of hydrogen-bond donors (Lipinski definition) is 1. The molecule has 0 atom stereocenters. The Morgan fingerprint density at radius 3 is 2.43 bits per heavy atom. The highest BCUT2D eigenvalue weighted by atomic mass is 16.5. The minimum Gasteiger partial charge on any atom is -0.496 e. The Kier molecular flexibility index (Phi) is 5.43. The normalized spacial score (nSPS) is 10.7. The number of hydrogen-bond acceptors (Lipinski definition) is 2. The van der Waals surface area contributed by atoms with Crippen molar-refractivity contribution in [2.24, 2.45) is 0 Å². The zero-order chi connectivity index (χ0) is 17.0. The van der Waals surface area contributed by atoms with Gasteiger partial charge in [0.15, 0.2) is 0 Å². The highest BCUT2D eigenvalue weighted by Gasteiger charge is 2.15. The Labute approximate surface area is 138 Å². The number of methoxy groups -OCH3 is 1. The molecule has 0 fully saturated rings. The lowest BCUT2D eigenvalue weighted by Crippen LogP contribution is -2.24. The number of aryl methyl sites for hydroxylation is 2. The Balaban J connectivity index is 2.22. The first-order chi connectivity index (χ1) is 10.9. The molecule has 0 heterocycles. The molecule has 3 heteroatoms. The average molecular weight is 311 g/mol. The fourth-order valence-electron chi connectivity index (χ4n) is 2.65. The summed E-state index contributed by atoms with van der Waals surface area (Å²) in [6.07, 6.45) is 0. The van der Waals surface area contributed by atoms with E-state index in [1.54, 1.807) is 7.11 Å². The number of ether oxygens (including phenoxy) is 1. The number of amides is 1. The Hall–Kier alpha value is -2.29. The molecule has 0 aliphatic carbocycles. The topological polar surface area (TPSA) is 38.3 Å². The van der Waals surface area contributed by atoms with E-state index in [0.29, 0.717) is 18.0 Å². The predicted octanol–water partition coefficient (Wildman–Crippen LogP) is 4.37. The summed E-state index contributed by atoms with van der Waals surface area (Å²) < 4.78 is 5.44. The lowest BCUT2D eigenvalue weighted by Gasteiger charge is -2.16. The van der Waals surface area contributed by atoms with Crippen LogP contribution in [0, 0.1) is 13.8 Å². The first-order valence-electron chi connectivity index (χ1n) is 7.95. The second kappa shape index (κ2) is 7.32. The zero-order valence-corrected chi connectivity index (χ0v) is 14.6. The van der Waals surface area contributed by atoms with Crippen molar-refractivity contribution in [2.75, 3.05) is 7.11 Å². The van der Waals surface area contributed by atoms with Crippen molar-refractivity contribution in [3.05, 3.63) is 64.2 Å². The summed E-state index contributed by atoms with van der Waals surface area (Å²) in [7, 11) is 1.67. The fraction of sp³-hybridized carbons (Fsp3) is 0.350. The van der Waals surface area contributed by atoms with Crippen LogP contribution in [-0.4, -0.2) is 13.0 Å². The van der Waals surface area contributed by atoms with Crippen molar-refractivity contribution < 1.29 is 9.53 Å². The van der Waals surface area contributed by atoms with Gasteiger partial charge in [-0.25, -0.2) is 0 Å². The van der Waals surface area contributed by atoms with Gasteiger partial charge in [0.2, 0.25) is 0 Å². The predicted molar refractivity (Wildman–Crippen MR) is 94.2 cm³/mol. The quantitative estimate of drug-likeness (QED) is 0.890. The Morgan fingerprint density at radius 2 is 1.83 bits per heavy atom. The van der Waals surface area contributed by atoms with E-state index in [0.717, 1.165) is 22.4 Å². The van der Waals surface area contributed by atoms with Crippen LogP contribution in [0.15, 0.2) is 36.4 Å². The average Bonchev–Trinajstić information content (AvgIpc) is 2.53. The van der Waals surface area contributed by atoms with Crippen molar-refractivity contribution in [1.29, 1.82) is 0 Å². The highest BCUT2D eigenvalue weighted by molar-refractivity contribution is 5.96. The SMILES string of the molecule is COc1cc(C)c(C(=O)NCc2ccccc2C)cc1C(C)C. The smallest absolute Gasteiger partial charge is 0.251 e. The van der Waals surface area contributed by atoms with Crippen LogP contribution in [0.2, 0.25) is 0 Å². The van der Waals surface area contributed by atoms with Gasteiger partial charge in [0.1, 0.15) is 5.75 Å². The van der Waals surface area contributed by atoms with Crippen molar-refractivity contribution in [3.63, 3.8) is 0 Å². The van der Waals surface area contributed by atoms with Crippen molar-refractivity contribution in [3.8, 4) is 5.75 Å². The monoisotopic (exact) mass is 311 g/mol. The number of carbonyl (C=O) groups excluding carboxylic acids is 1. The molecule has 0 unspecified atom stereocenters. The summed E-state index contributed by atoms with van der Waals surface area (Å²) >= 11 is 0. The van der Waals surface area contributed by atoms with Crippen LogP contribution in [-0.2, 0) is 6.54 Å². The van der Waals surface area contributed by atoms with Gasteiger partial charge in [-0.1, -0.05) is 38.1 Å². The molecule has 2 aromatic rings. The third-order valence-electron chi connectivity index (χ3n) is 4.14. The molecule has 0 saturated heterocycles. The van der Waals surface area contributed by atoms with Crippen molar-refractivity contribution in [2.45, 2.75) is 40.2 Å². The maximum atomic E-state index is 12.6. The van der Waals surface area contributed by atoms with Gasteiger partial charge >= 0.3 is 0 Å². The van der Waals surface area contributed by atoms with Gasteiger partial charge in [0, 0.05) is 12.1 Å². The van der Waals surface area contributed by atoms with E-state index >= 15 is 0 Å². The van der Waals surface area contributed by atoms with Gasteiger partial charge in [-0.05, 0) is 54.2 Å².